The van der Waals surface area contributed by atoms with Crippen LogP contribution in [-0.4, -0.2) is 29.0 Å². The fourth-order valence-electron chi connectivity index (χ4n) is 3.40. The van der Waals surface area contributed by atoms with E-state index in [4.69, 9.17) is 5.73 Å². The zero-order valence-electron chi connectivity index (χ0n) is 12.3. The van der Waals surface area contributed by atoms with Crippen LogP contribution in [0.25, 0.3) is 0 Å². The first-order chi connectivity index (χ1) is 9.20. The van der Waals surface area contributed by atoms with Gasteiger partial charge in [-0.1, -0.05) is 32.3 Å². The van der Waals surface area contributed by atoms with Crippen LogP contribution in [0.4, 0.5) is 0 Å². The Labute approximate surface area is 117 Å². The lowest BCUT2D eigenvalue weighted by Crippen LogP contribution is -2.54. The first-order valence-electron chi connectivity index (χ1n) is 7.51. The molecule has 3 heteroatoms. The summed E-state index contributed by atoms with van der Waals surface area (Å²) in [5.41, 5.74) is 7.46. The van der Waals surface area contributed by atoms with Gasteiger partial charge in [0.2, 0.25) is 0 Å². The molecule has 0 saturated heterocycles. The van der Waals surface area contributed by atoms with Crippen LogP contribution in [0.5, 0.6) is 0 Å². The standard InChI is InChI=1S/C16H27N3/c1-3-14-7-6-9-16(11-14,13-17)19(2)12-15-8-4-5-10-18-15/h4-5,8,10,14H,3,6-7,9,11-13,17H2,1-2H3. The summed E-state index contributed by atoms with van der Waals surface area (Å²) in [5, 5.41) is 0. The molecular weight excluding hydrogens is 234 g/mol. The Balaban J connectivity index is 2.07. The van der Waals surface area contributed by atoms with Crippen LogP contribution in [-0.2, 0) is 6.54 Å². The second-order valence-electron chi connectivity index (χ2n) is 5.98. The molecule has 1 heterocycles. The molecule has 1 aromatic rings. The molecule has 1 fully saturated rings. The molecule has 1 saturated carbocycles. The number of nitrogens with two attached hydrogens (primary N) is 1. The van der Waals surface area contributed by atoms with Crippen molar-refractivity contribution in [3.63, 3.8) is 0 Å². The Morgan fingerprint density at radius 1 is 1.47 bits per heavy atom. The minimum absolute atomic E-state index is 0.177. The average Bonchev–Trinajstić information content (AvgIpc) is 2.48. The van der Waals surface area contributed by atoms with Crippen LogP contribution in [0.15, 0.2) is 24.4 Å². The highest BCUT2D eigenvalue weighted by Crippen LogP contribution is 2.37. The van der Waals surface area contributed by atoms with Gasteiger partial charge in [-0.15, -0.1) is 0 Å². The highest BCUT2D eigenvalue weighted by atomic mass is 15.2. The van der Waals surface area contributed by atoms with Gasteiger partial charge in [-0.25, -0.2) is 0 Å². The normalized spacial score (nSPS) is 27.7. The first kappa shape index (κ1) is 14.5. The molecular formula is C16H27N3. The fraction of sp³-hybridized carbons (Fsp3) is 0.688. The molecule has 0 bridgehead atoms. The molecule has 2 unspecified atom stereocenters. The summed E-state index contributed by atoms with van der Waals surface area (Å²) in [6, 6.07) is 6.12. The van der Waals surface area contributed by atoms with Gasteiger partial charge in [0.1, 0.15) is 0 Å². The van der Waals surface area contributed by atoms with Crippen molar-refractivity contribution >= 4 is 0 Å². The molecule has 2 rings (SSSR count). The highest BCUT2D eigenvalue weighted by Gasteiger charge is 2.38. The molecule has 0 aliphatic heterocycles. The van der Waals surface area contributed by atoms with Crippen LogP contribution in [0.1, 0.15) is 44.7 Å². The van der Waals surface area contributed by atoms with E-state index in [9.17, 15) is 0 Å². The Bertz CT molecular complexity index is 379. The predicted molar refractivity (Wildman–Crippen MR) is 79.7 cm³/mol. The number of hydrogen-bond donors (Lipinski definition) is 1. The van der Waals surface area contributed by atoms with Gasteiger partial charge in [-0.3, -0.25) is 9.88 Å². The minimum atomic E-state index is 0.177. The van der Waals surface area contributed by atoms with E-state index in [-0.39, 0.29) is 5.54 Å². The summed E-state index contributed by atoms with van der Waals surface area (Å²) >= 11 is 0. The summed E-state index contributed by atoms with van der Waals surface area (Å²) in [7, 11) is 2.21. The zero-order chi connectivity index (χ0) is 13.7. The van der Waals surface area contributed by atoms with Crippen LogP contribution in [0.3, 0.4) is 0 Å². The van der Waals surface area contributed by atoms with Gasteiger partial charge in [-0.05, 0) is 37.9 Å². The van der Waals surface area contributed by atoms with Gasteiger partial charge in [0.25, 0.3) is 0 Å². The number of aromatic nitrogens is 1. The lowest BCUT2D eigenvalue weighted by Gasteiger charge is -2.46. The first-order valence-corrected chi connectivity index (χ1v) is 7.51. The number of likely N-dealkylation sites (N-methyl/N-ethyl adjacent to an activating group) is 1. The van der Waals surface area contributed by atoms with Gasteiger partial charge in [0, 0.05) is 24.8 Å². The summed E-state index contributed by atoms with van der Waals surface area (Å²) in [5.74, 6) is 0.837. The molecule has 1 aliphatic carbocycles. The van der Waals surface area contributed by atoms with Crippen molar-refractivity contribution in [3.05, 3.63) is 30.1 Å². The molecule has 3 nitrogen and oxygen atoms in total. The van der Waals surface area contributed by atoms with E-state index in [0.29, 0.717) is 0 Å². The minimum Gasteiger partial charge on any atom is -0.329 e. The summed E-state index contributed by atoms with van der Waals surface area (Å²) in [6.07, 6.45) is 8.29. The smallest absolute Gasteiger partial charge is 0.0544 e. The molecule has 1 aliphatic rings. The Morgan fingerprint density at radius 3 is 2.95 bits per heavy atom. The van der Waals surface area contributed by atoms with Crippen molar-refractivity contribution in [3.8, 4) is 0 Å². The monoisotopic (exact) mass is 261 g/mol. The maximum absolute atomic E-state index is 6.15. The van der Waals surface area contributed by atoms with Crippen LogP contribution in [0.2, 0.25) is 0 Å². The number of rotatable bonds is 5. The third-order valence-electron chi connectivity index (χ3n) is 4.82. The Kier molecular flexibility index (Phi) is 4.94. The number of nitrogens with zero attached hydrogens (tertiary/aromatic N) is 2. The van der Waals surface area contributed by atoms with E-state index in [0.717, 1.165) is 24.7 Å². The molecule has 2 N–H and O–H groups in total. The van der Waals surface area contributed by atoms with Crippen LogP contribution >= 0.6 is 0 Å². The van der Waals surface area contributed by atoms with E-state index < -0.39 is 0 Å². The fourth-order valence-corrected chi connectivity index (χ4v) is 3.40. The van der Waals surface area contributed by atoms with Crippen molar-refractivity contribution < 1.29 is 0 Å². The van der Waals surface area contributed by atoms with Crippen molar-refractivity contribution in [1.29, 1.82) is 0 Å². The Hall–Kier alpha value is -0.930. The van der Waals surface area contributed by atoms with Crippen LogP contribution < -0.4 is 5.73 Å². The summed E-state index contributed by atoms with van der Waals surface area (Å²) in [6.45, 7) is 3.96. The molecule has 0 spiro atoms. The van der Waals surface area contributed by atoms with E-state index in [1.165, 1.54) is 32.1 Å². The number of pyridine rings is 1. The lowest BCUT2D eigenvalue weighted by atomic mass is 9.74. The second kappa shape index (κ2) is 6.49. The SMILES string of the molecule is CCC1CCCC(CN)(N(C)Cc2ccccn2)C1. The van der Waals surface area contributed by atoms with Gasteiger partial charge in [0.05, 0.1) is 5.69 Å². The molecule has 0 radical (unpaired) electrons. The third-order valence-corrected chi connectivity index (χ3v) is 4.82. The quantitative estimate of drug-likeness (QED) is 0.886. The largest absolute Gasteiger partial charge is 0.329 e. The Morgan fingerprint density at radius 2 is 2.32 bits per heavy atom. The molecule has 1 aromatic heterocycles. The van der Waals surface area contributed by atoms with Crippen molar-refractivity contribution in [2.24, 2.45) is 11.7 Å². The van der Waals surface area contributed by atoms with Gasteiger partial charge < -0.3 is 5.73 Å². The average molecular weight is 261 g/mol. The number of hydrogen-bond acceptors (Lipinski definition) is 3. The van der Waals surface area contributed by atoms with E-state index in [1.807, 2.05) is 12.3 Å². The summed E-state index contributed by atoms with van der Waals surface area (Å²) < 4.78 is 0. The van der Waals surface area contributed by atoms with Crippen molar-refractivity contribution in [1.82, 2.24) is 9.88 Å². The van der Waals surface area contributed by atoms with Crippen molar-refractivity contribution in [2.45, 2.75) is 51.1 Å². The molecule has 0 amide bonds. The van der Waals surface area contributed by atoms with Gasteiger partial charge in [0.15, 0.2) is 0 Å². The lowest BCUT2D eigenvalue weighted by molar-refractivity contribution is 0.0495. The third kappa shape index (κ3) is 3.34. The van der Waals surface area contributed by atoms with E-state index in [2.05, 4.69) is 36.0 Å². The van der Waals surface area contributed by atoms with Crippen LogP contribution in [0, 0.1) is 5.92 Å². The van der Waals surface area contributed by atoms with Gasteiger partial charge >= 0.3 is 0 Å². The van der Waals surface area contributed by atoms with E-state index in [1.54, 1.807) is 0 Å². The molecule has 2 atom stereocenters. The second-order valence-corrected chi connectivity index (χ2v) is 5.98. The highest BCUT2D eigenvalue weighted by molar-refractivity contribution is 5.05. The topological polar surface area (TPSA) is 42.1 Å². The molecule has 19 heavy (non-hydrogen) atoms. The predicted octanol–water partition coefficient (Wildman–Crippen LogP) is 2.81. The molecule has 106 valence electrons. The zero-order valence-corrected chi connectivity index (χ0v) is 12.3. The maximum atomic E-state index is 6.15. The maximum Gasteiger partial charge on any atom is 0.0544 e. The van der Waals surface area contributed by atoms with Crippen molar-refractivity contribution in [2.75, 3.05) is 13.6 Å². The van der Waals surface area contributed by atoms with E-state index >= 15 is 0 Å². The summed E-state index contributed by atoms with van der Waals surface area (Å²) in [4.78, 5) is 6.88. The molecule has 0 aromatic carbocycles. The van der Waals surface area contributed by atoms with Gasteiger partial charge in [-0.2, -0.15) is 0 Å².